The summed E-state index contributed by atoms with van der Waals surface area (Å²) in [7, 11) is 2.10. The highest BCUT2D eigenvalue weighted by Gasteiger charge is 2.07. The zero-order valence-electron chi connectivity index (χ0n) is 9.94. The van der Waals surface area contributed by atoms with Crippen LogP contribution in [0.4, 0.5) is 0 Å². The van der Waals surface area contributed by atoms with E-state index in [0.717, 1.165) is 24.3 Å². The third-order valence-corrected chi connectivity index (χ3v) is 2.65. The summed E-state index contributed by atoms with van der Waals surface area (Å²) in [6.45, 7) is 4.13. The Kier molecular flexibility index (Phi) is 5.35. The average Bonchev–Trinajstić information content (AvgIpc) is 2.27. The van der Waals surface area contributed by atoms with E-state index >= 15 is 0 Å². The Hall–Kier alpha value is -1.00. The fourth-order valence-corrected chi connectivity index (χ4v) is 1.77. The topological polar surface area (TPSA) is 42.2 Å². The van der Waals surface area contributed by atoms with Crippen LogP contribution in [-0.4, -0.2) is 28.5 Å². The lowest BCUT2D eigenvalue weighted by Gasteiger charge is -2.17. The summed E-state index contributed by atoms with van der Waals surface area (Å²) in [5.41, 5.74) is 7.50. The molecule has 0 aliphatic carbocycles. The molecule has 0 saturated heterocycles. The zero-order chi connectivity index (χ0) is 12.0. The van der Waals surface area contributed by atoms with E-state index in [1.807, 2.05) is 12.1 Å². The van der Waals surface area contributed by atoms with Crippen molar-refractivity contribution in [2.75, 3.05) is 13.6 Å². The van der Waals surface area contributed by atoms with Gasteiger partial charge in [-0.2, -0.15) is 0 Å². The first kappa shape index (κ1) is 13.1. The van der Waals surface area contributed by atoms with Crippen LogP contribution in [0.2, 0.25) is 0 Å². The van der Waals surface area contributed by atoms with Gasteiger partial charge in [-0.05, 0) is 31.6 Å². The average molecular weight is 237 g/mol. The van der Waals surface area contributed by atoms with E-state index < -0.39 is 0 Å². The summed E-state index contributed by atoms with van der Waals surface area (Å²) in [5, 5.41) is 0. The van der Waals surface area contributed by atoms with Crippen LogP contribution < -0.4 is 5.73 Å². The Morgan fingerprint density at radius 1 is 1.56 bits per heavy atom. The maximum atomic E-state index is 5.64. The van der Waals surface area contributed by atoms with Crippen molar-refractivity contribution in [3.05, 3.63) is 29.6 Å². The second-order valence-electron chi connectivity index (χ2n) is 3.97. The van der Waals surface area contributed by atoms with Crippen molar-refractivity contribution in [3.63, 3.8) is 0 Å². The van der Waals surface area contributed by atoms with E-state index in [1.54, 1.807) is 6.20 Å². The highest BCUT2D eigenvalue weighted by atomic mass is 32.1. The van der Waals surface area contributed by atoms with Crippen LogP contribution >= 0.6 is 12.2 Å². The van der Waals surface area contributed by atoms with Gasteiger partial charge in [0.15, 0.2) is 0 Å². The number of unbranched alkanes of at least 4 members (excludes halogenated alkanes) is 1. The Balaban J connectivity index is 2.69. The molecule has 0 amide bonds. The number of aromatic nitrogens is 1. The summed E-state index contributed by atoms with van der Waals surface area (Å²) in [6.07, 6.45) is 4.14. The highest BCUT2D eigenvalue weighted by Crippen LogP contribution is 2.08. The van der Waals surface area contributed by atoms with Gasteiger partial charge in [-0.25, -0.2) is 0 Å². The quantitative estimate of drug-likeness (QED) is 0.768. The minimum absolute atomic E-state index is 0.375. The molecule has 0 atom stereocenters. The Morgan fingerprint density at radius 2 is 2.31 bits per heavy atom. The molecule has 88 valence electrons. The largest absolute Gasteiger partial charge is 0.388 e. The normalized spacial score (nSPS) is 10.7. The van der Waals surface area contributed by atoms with Crippen LogP contribution in [0.15, 0.2) is 18.3 Å². The number of nitrogens with two attached hydrogens (primary N) is 1. The van der Waals surface area contributed by atoms with Crippen LogP contribution in [0.1, 0.15) is 31.0 Å². The lowest BCUT2D eigenvalue weighted by atomic mass is 10.1. The van der Waals surface area contributed by atoms with Crippen LogP contribution in [0, 0.1) is 0 Å². The molecule has 4 heteroatoms. The smallest absolute Gasteiger partial charge is 0.123 e. The molecule has 0 aliphatic heterocycles. The SMILES string of the molecule is CCCCN(C)Cc1cccnc1C(N)=S. The standard InChI is InChI=1S/C12H19N3S/c1-3-4-8-15(2)9-10-6-5-7-14-11(10)12(13)16/h5-7H,3-4,8-9H2,1-2H3,(H2,13,16). The molecule has 2 N–H and O–H groups in total. The van der Waals surface area contributed by atoms with E-state index in [-0.39, 0.29) is 0 Å². The molecule has 0 aliphatic rings. The molecule has 0 saturated carbocycles. The zero-order valence-corrected chi connectivity index (χ0v) is 10.8. The van der Waals surface area contributed by atoms with E-state index in [4.69, 9.17) is 18.0 Å². The van der Waals surface area contributed by atoms with E-state index in [9.17, 15) is 0 Å². The van der Waals surface area contributed by atoms with Gasteiger partial charge in [0.25, 0.3) is 0 Å². The summed E-state index contributed by atoms with van der Waals surface area (Å²) < 4.78 is 0. The van der Waals surface area contributed by atoms with Gasteiger partial charge in [0.05, 0.1) is 0 Å². The maximum absolute atomic E-state index is 5.64. The first-order valence-electron chi connectivity index (χ1n) is 5.57. The lowest BCUT2D eigenvalue weighted by molar-refractivity contribution is 0.320. The molecule has 0 unspecified atom stereocenters. The van der Waals surface area contributed by atoms with Gasteiger partial charge < -0.3 is 10.6 Å². The van der Waals surface area contributed by atoms with E-state index in [0.29, 0.717) is 4.99 Å². The Labute approximate surface area is 103 Å². The molecule has 0 bridgehead atoms. The molecule has 0 radical (unpaired) electrons. The van der Waals surface area contributed by atoms with E-state index in [2.05, 4.69) is 23.9 Å². The molecule has 1 heterocycles. The maximum Gasteiger partial charge on any atom is 0.123 e. The van der Waals surface area contributed by atoms with Crippen LogP contribution in [0.25, 0.3) is 0 Å². The highest BCUT2D eigenvalue weighted by molar-refractivity contribution is 7.80. The van der Waals surface area contributed by atoms with Crippen molar-refractivity contribution < 1.29 is 0 Å². The van der Waals surface area contributed by atoms with Gasteiger partial charge in [0.1, 0.15) is 10.7 Å². The van der Waals surface area contributed by atoms with Gasteiger partial charge >= 0.3 is 0 Å². The molecular weight excluding hydrogens is 218 g/mol. The third kappa shape index (κ3) is 3.87. The van der Waals surface area contributed by atoms with Gasteiger partial charge in [-0.15, -0.1) is 0 Å². The Bertz CT molecular complexity index is 352. The summed E-state index contributed by atoms with van der Waals surface area (Å²) in [6, 6.07) is 3.95. The minimum atomic E-state index is 0.375. The van der Waals surface area contributed by atoms with Crippen molar-refractivity contribution in [3.8, 4) is 0 Å². The van der Waals surface area contributed by atoms with Crippen LogP contribution in [0.3, 0.4) is 0 Å². The number of pyridine rings is 1. The van der Waals surface area contributed by atoms with Crippen LogP contribution in [-0.2, 0) is 6.54 Å². The molecule has 3 nitrogen and oxygen atoms in total. The van der Waals surface area contributed by atoms with Crippen molar-refractivity contribution >= 4 is 17.2 Å². The van der Waals surface area contributed by atoms with Gasteiger partial charge in [-0.3, -0.25) is 4.98 Å². The van der Waals surface area contributed by atoms with Crippen molar-refractivity contribution in [1.29, 1.82) is 0 Å². The number of hydrogen-bond acceptors (Lipinski definition) is 3. The van der Waals surface area contributed by atoms with Crippen molar-refractivity contribution in [2.45, 2.75) is 26.3 Å². The number of thiocarbonyl (C=S) groups is 1. The number of rotatable bonds is 6. The first-order chi connectivity index (χ1) is 7.65. The summed E-state index contributed by atoms with van der Waals surface area (Å²) in [4.78, 5) is 6.86. The predicted octanol–water partition coefficient (Wildman–Crippen LogP) is 1.95. The van der Waals surface area contributed by atoms with E-state index in [1.165, 1.54) is 12.8 Å². The number of hydrogen-bond donors (Lipinski definition) is 1. The van der Waals surface area contributed by atoms with Gasteiger partial charge in [0, 0.05) is 12.7 Å². The molecular formula is C12H19N3S. The fraction of sp³-hybridized carbons (Fsp3) is 0.500. The fourth-order valence-electron chi connectivity index (χ4n) is 1.59. The molecule has 16 heavy (non-hydrogen) atoms. The summed E-state index contributed by atoms with van der Waals surface area (Å²) in [5.74, 6) is 0. The monoisotopic (exact) mass is 237 g/mol. The second-order valence-corrected chi connectivity index (χ2v) is 4.41. The minimum Gasteiger partial charge on any atom is -0.388 e. The molecule has 1 rings (SSSR count). The van der Waals surface area contributed by atoms with Crippen molar-refractivity contribution in [2.24, 2.45) is 5.73 Å². The molecule has 1 aromatic rings. The van der Waals surface area contributed by atoms with Crippen LogP contribution in [0.5, 0.6) is 0 Å². The predicted molar refractivity (Wildman–Crippen MR) is 71.4 cm³/mol. The molecule has 0 aromatic carbocycles. The summed E-state index contributed by atoms with van der Waals surface area (Å²) >= 11 is 4.99. The number of nitrogens with zero attached hydrogens (tertiary/aromatic N) is 2. The van der Waals surface area contributed by atoms with Gasteiger partial charge in [0.2, 0.25) is 0 Å². The third-order valence-electron chi connectivity index (χ3n) is 2.46. The Morgan fingerprint density at radius 3 is 2.94 bits per heavy atom. The molecule has 0 fully saturated rings. The molecule has 1 aromatic heterocycles. The van der Waals surface area contributed by atoms with Crippen molar-refractivity contribution in [1.82, 2.24) is 9.88 Å². The lowest BCUT2D eigenvalue weighted by Crippen LogP contribution is -2.22. The molecule has 0 spiro atoms. The van der Waals surface area contributed by atoms with Gasteiger partial charge in [-0.1, -0.05) is 31.6 Å². The first-order valence-corrected chi connectivity index (χ1v) is 5.98. The second kappa shape index (κ2) is 6.55.